The van der Waals surface area contributed by atoms with Crippen LogP contribution in [0, 0.1) is 0 Å². The molecule has 94 valence electrons. The van der Waals surface area contributed by atoms with E-state index in [4.69, 9.17) is 16.3 Å². The van der Waals surface area contributed by atoms with Crippen molar-refractivity contribution in [3.8, 4) is 0 Å². The Bertz CT molecular complexity index is 587. The van der Waals surface area contributed by atoms with Crippen LogP contribution in [0.15, 0.2) is 18.3 Å². The molecule has 2 aliphatic heterocycles. The summed E-state index contributed by atoms with van der Waals surface area (Å²) >= 11 is 6.21. The van der Waals surface area contributed by atoms with Crippen molar-refractivity contribution >= 4 is 23.1 Å². The molecule has 2 unspecified atom stereocenters. The third kappa shape index (κ3) is 1.58. The number of rotatable bonds is 1. The zero-order valence-corrected chi connectivity index (χ0v) is 10.5. The minimum absolute atomic E-state index is 0.352. The summed E-state index contributed by atoms with van der Waals surface area (Å²) in [5.41, 5.74) is 0.788. The lowest BCUT2D eigenvalue weighted by Crippen LogP contribution is -2.43. The van der Waals surface area contributed by atoms with Crippen LogP contribution in [0.2, 0.25) is 5.15 Å². The third-order valence-electron chi connectivity index (χ3n) is 3.67. The molecule has 5 nitrogen and oxygen atoms in total. The number of halogens is 1. The van der Waals surface area contributed by atoms with E-state index in [-0.39, 0.29) is 0 Å². The average Bonchev–Trinajstić information content (AvgIpc) is 2.96. The topological polar surface area (TPSA) is 42.7 Å². The van der Waals surface area contributed by atoms with Crippen LogP contribution in [0.25, 0.3) is 5.65 Å². The summed E-state index contributed by atoms with van der Waals surface area (Å²) in [5.74, 6) is 0.924. The first kappa shape index (κ1) is 10.6. The highest BCUT2D eigenvalue weighted by Gasteiger charge is 2.34. The first-order valence-electron chi connectivity index (χ1n) is 6.20. The van der Waals surface area contributed by atoms with Crippen molar-refractivity contribution in [2.45, 2.75) is 25.0 Å². The number of morpholine rings is 1. The summed E-state index contributed by atoms with van der Waals surface area (Å²) in [5, 5.41) is 4.72. The molecule has 2 aromatic rings. The van der Waals surface area contributed by atoms with Crippen molar-refractivity contribution in [2.24, 2.45) is 0 Å². The first-order valence-corrected chi connectivity index (χ1v) is 6.58. The van der Waals surface area contributed by atoms with Crippen molar-refractivity contribution in [3.63, 3.8) is 0 Å². The molecule has 2 saturated heterocycles. The third-order valence-corrected chi connectivity index (χ3v) is 3.94. The molecule has 4 heterocycles. The molecule has 2 aliphatic rings. The molecule has 0 aliphatic carbocycles. The van der Waals surface area contributed by atoms with Crippen LogP contribution in [0.5, 0.6) is 0 Å². The lowest BCUT2D eigenvalue weighted by atomic mass is 10.2. The molecule has 2 fully saturated rings. The summed E-state index contributed by atoms with van der Waals surface area (Å²) < 4.78 is 7.47. The van der Waals surface area contributed by atoms with Gasteiger partial charge in [-0.15, -0.1) is 0 Å². The summed E-state index contributed by atoms with van der Waals surface area (Å²) in [6.07, 6.45) is 4.73. The van der Waals surface area contributed by atoms with Crippen LogP contribution >= 0.6 is 11.6 Å². The van der Waals surface area contributed by atoms with Gasteiger partial charge in [-0.1, -0.05) is 11.6 Å². The zero-order chi connectivity index (χ0) is 12.1. The van der Waals surface area contributed by atoms with E-state index in [0.717, 1.165) is 37.4 Å². The van der Waals surface area contributed by atoms with Crippen LogP contribution in [0.1, 0.15) is 12.8 Å². The molecule has 0 aromatic carbocycles. The molecule has 6 heteroatoms. The van der Waals surface area contributed by atoms with Gasteiger partial charge < -0.3 is 9.64 Å². The van der Waals surface area contributed by atoms with Gasteiger partial charge in [-0.2, -0.15) is 5.10 Å². The van der Waals surface area contributed by atoms with Gasteiger partial charge in [0.1, 0.15) is 11.0 Å². The van der Waals surface area contributed by atoms with E-state index in [0.29, 0.717) is 17.4 Å². The standard InChI is InChI=1S/C12H13ClN4O/c13-10-5-12(15-11-3-4-14-17(10)11)16-6-8-1-2-9(7-16)18-8/h3-5,8-9H,1-2,6-7H2. The molecule has 0 radical (unpaired) electrons. The fraction of sp³-hybridized carbons (Fsp3) is 0.500. The normalized spacial score (nSPS) is 27.1. The Morgan fingerprint density at radius 2 is 2.06 bits per heavy atom. The molecular formula is C12H13ClN4O. The van der Waals surface area contributed by atoms with Crippen molar-refractivity contribution in [3.05, 3.63) is 23.5 Å². The van der Waals surface area contributed by atoms with Gasteiger partial charge in [0.25, 0.3) is 0 Å². The molecule has 0 saturated carbocycles. The number of ether oxygens (including phenoxy) is 1. The summed E-state index contributed by atoms with van der Waals surface area (Å²) in [4.78, 5) is 6.87. The number of anilines is 1. The minimum atomic E-state index is 0.352. The maximum atomic E-state index is 6.21. The Morgan fingerprint density at radius 3 is 2.83 bits per heavy atom. The van der Waals surface area contributed by atoms with Crippen LogP contribution in [-0.2, 0) is 4.74 Å². The predicted molar refractivity (Wildman–Crippen MR) is 68.1 cm³/mol. The van der Waals surface area contributed by atoms with Crippen molar-refractivity contribution in [1.82, 2.24) is 14.6 Å². The van der Waals surface area contributed by atoms with E-state index in [2.05, 4.69) is 15.0 Å². The SMILES string of the molecule is Clc1cc(N2CC3CCC(C2)O3)nc2ccnn12. The highest BCUT2D eigenvalue weighted by molar-refractivity contribution is 6.29. The molecule has 18 heavy (non-hydrogen) atoms. The van der Waals surface area contributed by atoms with Crippen molar-refractivity contribution in [2.75, 3.05) is 18.0 Å². The van der Waals surface area contributed by atoms with Crippen LogP contribution in [0.3, 0.4) is 0 Å². The number of aromatic nitrogens is 3. The van der Waals surface area contributed by atoms with Crippen LogP contribution in [-0.4, -0.2) is 39.9 Å². The Kier molecular flexibility index (Phi) is 2.25. The van der Waals surface area contributed by atoms with E-state index in [1.807, 2.05) is 12.1 Å². The highest BCUT2D eigenvalue weighted by Crippen LogP contribution is 2.29. The minimum Gasteiger partial charge on any atom is -0.371 e. The zero-order valence-electron chi connectivity index (χ0n) is 9.79. The fourth-order valence-electron chi connectivity index (χ4n) is 2.83. The number of nitrogens with zero attached hydrogens (tertiary/aromatic N) is 4. The van der Waals surface area contributed by atoms with E-state index < -0.39 is 0 Å². The molecule has 0 amide bonds. The summed E-state index contributed by atoms with van der Waals surface area (Å²) in [7, 11) is 0. The molecule has 2 aromatic heterocycles. The van der Waals surface area contributed by atoms with Gasteiger partial charge in [0, 0.05) is 25.2 Å². The number of fused-ring (bicyclic) bond motifs is 3. The summed E-state index contributed by atoms with van der Waals surface area (Å²) in [6.45, 7) is 1.81. The predicted octanol–water partition coefficient (Wildman–Crippen LogP) is 1.75. The van der Waals surface area contributed by atoms with Gasteiger partial charge in [0.15, 0.2) is 5.65 Å². The van der Waals surface area contributed by atoms with Crippen molar-refractivity contribution < 1.29 is 4.74 Å². The van der Waals surface area contributed by atoms with Gasteiger partial charge in [0.05, 0.1) is 18.4 Å². The average molecular weight is 265 g/mol. The Balaban J connectivity index is 1.73. The maximum Gasteiger partial charge on any atom is 0.159 e. The van der Waals surface area contributed by atoms with Gasteiger partial charge in [0.2, 0.25) is 0 Å². The summed E-state index contributed by atoms with van der Waals surface area (Å²) in [6, 6.07) is 3.75. The van der Waals surface area contributed by atoms with Gasteiger partial charge in [-0.05, 0) is 12.8 Å². The molecule has 2 bridgehead atoms. The van der Waals surface area contributed by atoms with E-state index in [1.165, 1.54) is 0 Å². The second-order valence-corrected chi connectivity index (χ2v) is 5.29. The lowest BCUT2D eigenvalue weighted by molar-refractivity contribution is 0.0302. The fourth-order valence-corrected chi connectivity index (χ4v) is 3.05. The number of hydrogen-bond donors (Lipinski definition) is 0. The Morgan fingerprint density at radius 1 is 1.28 bits per heavy atom. The van der Waals surface area contributed by atoms with Crippen molar-refractivity contribution in [1.29, 1.82) is 0 Å². The molecule has 4 rings (SSSR count). The maximum absolute atomic E-state index is 6.21. The van der Waals surface area contributed by atoms with Gasteiger partial charge >= 0.3 is 0 Å². The lowest BCUT2D eigenvalue weighted by Gasteiger charge is -2.33. The Hall–Kier alpha value is -1.33. The number of hydrogen-bond acceptors (Lipinski definition) is 4. The van der Waals surface area contributed by atoms with Crippen LogP contribution in [0.4, 0.5) is 5.82 Å². The Labute approximate surface area is 109 Å². The second kappa shape index (κ2) is 3.83. The van der Waals surface area contributed by atoms with Gasteiger partial charge in [-0.25, -0.2) is 9.50 Å². The smallest absolute Gasteiger partial charge is 0.159 e. The first-order chi connectivity index (χ1) is 8.79. The molecule has 0 spiro atoms. The highest BCUT2D eigenvalue weighted by atomic mass is 35.5. The van der Waals surface area contributed by atoms with E-state index >= 15 is 0 Å². The molecular weight excluding hydrogens is 252 g/mol. The quantitative estimate of drug-likeness (QED) is 0.736. The van der Waals surface area contributed by atoms with E-state index in [1.54, 1.807) is 10.7 Å². The van der Waals surface area contributed by atoms with E-state index in [9.17, 15) is 0 Å². The van der Waals surface area contributed by atoms with Crippen LogP contribution < -0.4 is 4.90 Å². The molecule has 0 N–H and O–H groups in total. The second-order valence-electron chi connectivity index (χ2n) is 4.90. The largest absolute Gasteiger partial charge is 0.371 e. The monoisotopic (exact) mass is 264 g/mol. The van der Waals surface area contributed by atoms with Gasteiger partial charge in [-0.3, -0.25) is 0 Å². The molecule has 2 atom stereocenters.